The van der Waals surface area contributed by atoms with Gasteiger partial charge < -0.3 is 4.90 Å². The molecule has 11 rings (SSSR count). The Morgan fingerprint density at radius 2 is 1.06 bits per heavy atom. The molecule has 0 radical (unpaired) electrons. The summed E-state index contributed by atoms with van der Waals surface area (Å²) in [7, 11) is 0. The van der Waals surface area contributed by atoms with Crippen molar-refractivity contribution >= 4 is 38.6 Å². The molecule has 2 saturated carbocycles. The van der Waals surface area contributed by atoms with Crippen LogP contribution in [0.2, 0.25) is 0 Å². The summed E-state index contributed by atoms with van der Waals surface area (Å²) in [6, 6.07) is 53.7. The highest BCUT2D eigenvalue weighted by Crippen LogP contribution is 2.65. The lowest BCUT2D eigenvalue weighted by Gasteiger charge is -2.54. The second-order valence-electron chi connectivity index (χ2n) is 17.6. The summed E-state index contributed by atoms with van der Waals surface area (Å²) < 4.78 is 0. The van der Waals surface area contributed by atoms with Gasteiger partial charge in [-0.25, -0.2) is 0 Å². The van der Waals surface area contributed by atoms with E-state index < -0.39 is 0 Å². The van der Waals surface area contributed by atoms with Gasteiger partial charge in [0.15, 0.2) is 0 Å². The van der Waals surface area contributed by atoms with E-state index in [1.807, 2.05) is 0 Å². The minimum atomic E-state index is -0.0781. The molecule has 0 aliphatic heterocycles. The zero-order valence-corrected chi connectivity index (χ0v) is 31.4. The van der Waals surface area contributed by atoms with Crippen LogP contribution in [0.4, 0.5) is 17.1 Å². The molecule has 260 valence electrons. The summed E-state index contributed by atoms with van der Waals surface area (Å²) in [6.07, 6.45) is 5.40. The second-order valence-corrected chi connectivity index (χ2v) is 17.6. The molecular weight excluding hydrogens is 639 g/mol. The largest absolute Gasteiger partial charge is 0.310 e. The smallest absolute Gasteiger partial charge is 0.0468 e. The molecule has 53 heavy (non-hydrogen) atoms. The summed E-state index contributed by atoms with van der Waals surface area (Å²) >= 11 is 0. The third-order valence-corrected chi connectivity index (χ3v) is 14.3. The van der Waals surface area contributed by atoms with E-state index in [0.29, 0.717) is 11.8 Å². The quantitative estimate of drug-likeness (QED) is 0.167. The summed E-state index contributed by atoms with van der Waals surface area (Å²) in [5.74, 6) is 2.90. The topological polar surface area (TPSA) is 3.24 Å². The molecule has 0 N–H and O–H groups in total. The zero-order chi connectivity index (χ0) is 35.6. The maximum Gasteiger partial charge on any atom is 0.0468 e. The molecule has 0 saturated heterocycles. The Kier molecular flexibility index (Phi) is 6.63. The standard InChI is InChI=1S/C52H47N/c1-32-25-34-27-33(2)52(37(26-32)28-34)48-16-10-8-14-44(48)46-24-21-40(31-50(46)52)53(38-19-22-42-36(29-38)18-17-35-11-5-6-12-41(35)42)39-20-23-45-43-13-7-9-15-47(43)51(3,4)49(45)30-39/h5-24,29-34,37H,25-28H2,1-4H3. The molecule has 5 atom stereocenters. The number of hydrogen-bond donors (Lipinski definition) is 0. The van der Waals surface area contributed by atoms with Crippen LogP contribution in [0.1, 0.15) is 75.6 Å². The van der Waals surface area contributed by atoms with E-state index >= 15 is 0 Å². The van der Waals surface area contributed by atoms with Gasteiger partial charge in [-0.15, -0.1) is 0 Å². The van der Waals surface area contributed by atoms with Crippen LogP contribution in [0.5, 0.6) is 0 Å². The molecule has 1 spiro atoms. The predicted molar refractivity (Wildman–Crippen MR) is 224 cm³/mol. The van der Waals surface area contributed by atoms with Gasteiger partial charge >= 0.3 is 0 Å². The Morgan fingerprint density at radius 1 is 0.472 bits per heavy atom. The summed E-state index contributed by atoms with van der Waals surface area (Å²) in [5, 5.41) is 5.17. The van der Waals surface area contributed by atoms with Gasteiger partial charge in [0.25, 0.3) is 0 Å². The molecule has 2 bridgehead atoms. The minimum Gasteiger partial charge on any atom is -0.310 e. The molecule has 1 heteroatoms. The van der Waals surface area contributed by atoms with Crippen LogP contribution in [-0.2, 0) is 10.8 Å². The van der Waals surface area contributed by atoms with Crippen molar-refractivity contribution in [2.24, 2.45) is 23.7 Å². The molecule has 0 aromatic heterocycles. The lowest BCUT2D eigenvalue weighted by Crippen LogP contribution is -2.49. The van der Waals surface area contributed by atoms with Crippen molar-refractivity contribution in [3.8, 4) is 22.3 Å². The molecule has 2 fully saturated rings. The number of benzene rings is 7. The van der Waals surface area contributed by atoms with Crippen LogP contribution in [-0.4, -0.2) is 0 Å². The molecule has 1 nitrogen and oxygen atoms in total. The number of fused-ring (bicyclic) bond motifs is 14. The summed E-state index contributed by atoms with van der Waals surface area (Å²) in [4.78, 5) is 2.56. The van der Waals surface area contributed by atoms with Crippen LogP contribution >= 0.6 is 0 Å². The highest BCUT2D eigenvalue weighted by atomic mass is 15.1. The van der Waals surface area contributed by atoms with Crippen LogP contribution in [0.15, 0.2) is 140 Å². The van der Waals surface area contributed by atoms with Gasteiger partial charge in [0.2, 0.25) is 0 Å². The molecule has 0 heterocycles. The molecule has 7 aromatic rings. The Morgan fingerprint density at radius 3 is 1.87 bits per heavy atom. The molecular formula is C52H47N. The Balaban J connectivity index is 1.14. The maximum atomic E-state index is 2.63. The van der Waals surface area contributed by atoms with Crippen molar-refractivity contribution in [1.29, 1.82) is 0 Å². The van der Waals surface area contributed by atoms with Gasteiger partial charge in [-0.05, 0) is 152 Å². The van der Waals surface area contributed by atoms with E-state index in [-0.39, 0.29) is 10.8 Å². The van der Waals surface area contributed by atoms with Gasteiger partial charge in [0, 0.05) is 27.9 Å². The predicted octanol–water partition coefficient (Wildman–Crippen LogP) is 14.1. The molecule has 0 amide bonds. The fraction of sp³-hybridized carbons (Fsp3) is 0.269. The second kappa shape index (κ2) is 11.2. The Bertz CT molecular complexity index is 2620. The monoisotopic (exact) mass is 685 g/mol. The first-order valence-electron chi connectivity index (χ1n) is 20.0. The number of hydrogen-bond acceptors (Lipinski definition) is 1. The van der Waals surface area contributed by atoms with Gasteiger partial charge in [0.1, 0.15) is 0 Å². The van der Waals surface area contributed by atoms with Crippen molar-refractivity contribution in [3.63, 3.8) is 0 Å². The SMILES string of the molecule is CC1CC2CC(C)C3(c4ccccc4-c4ccc(N(c5ccc6c(c5)C(C)(C)c5ccccc5-6)c5ccc6c(ccc7ccccc76)c5)cc43)C(C1)C2. The fourth-order valence-electron chi connectivity index (χ4n) is 12.3. The van der Waals surface area contributed by atoms with E-state index in [1.54, 1.807) is 11.1 Å². The first-order chi connectivity index (χ1) is 25.8. The van der Waals surface area contributed by atoms with Gasteiger partial charge in [-0.1, -0.05) is 131 Å². The average molecular weight is 686 g/mol. The highest BCUT2D eigenvalue weighted by Gasteiger charge is 2.56. The lowest BCUT2D eigenvalue weighted by atomic mass is 9.49. The number of anilines is 3. The van der Waals surface area contributed by atoms with Crippen molar-refractivity contribution in [2.75, 3.05) is 4.90 Å². The summed E-state index contributed by atoms with van der Waals surface area (Å²) in [6.45, 7) is 9.89. The van der Waals surface area contributed by atoms with Crippen LogP contribution in [0, 0.1) is 23.7 Å². The van der Waals surface area contributed by atoms with Crippen LogP contribution in [0.25, 0.3) is 43.8 Å². The molecule has 5 unspecified atom stereocenters. The molecule has 4 aliphatic rings. The van der Waals surface area contributed by atoms with Gasteiger partial charge in [-0.2, -0.15) is 0 Å². The van der Waals surface area contributed by atoms with E-state index in [2.05, 4.69) is 172 Å². The summed E-state index contributed by atoms with van der Waals surface area (Å²) in [5.41, 5.74) is 15.2. The van der Waals surface area contributed by atoms with E-state index in [1.165, 1.54) is 97.7 Å². The van der Waals surface area contributed by atoms with Crippen molar-refractivity contribution < 1.29 is 0 Å². The van der Waals surface area contributed by atoms with Crippen molar-refractivity contribution in [3.05, 3.63) is 162 Å². The Hall–Kier alpha value is -5.14. The molecule has 4 aliphatic carbocycles. The fourth-order valence-corrected chi connectivity index (χ4v) is 12.3. The van der Waals surface area contributed by atoms with Crippen molar-refractivity contribution in [1.82, 2.24) is 0 Å². The van der Waals surface area contributed by atoms with Gasteiger partial charge in [0.05, 0.1) is 0 Å². The third kappa shape index (κ3) is 4.31. The average Bonchev–Trinajstić information content (AvgIpc) is 3.59. The lowest BCUT2D eigenvalue weighted by molar-refractivity contribution is 0.0426. The minimum absolute atomic E-state index is 0.0443. The number of rotatable bonds is 3. The molecule has 7 aromatic carbocycles. The first kappa shape index (κ1) is 31.4. The zero-order valence-electron chi connectivity index (χ0n) is 31.4. The van der Waals surface area contributed by atoms with E-state index in [9.17, 15) is 0 Å². The van der Waals surface area contributed by atoms with Crippen LogP contribution < -0.4 is 4.90 Å². The highest BCUT2D eigenvalue weighted by molar-refractivity contribution is 6.08. The number of nitrogens with zero attached hydrogens (tertiary/aromatic N) is 1. The van der Waals surface area contributed by atoms with E-state index in [4.69, 9.17) is 0 Å². The van der Waals surface area contributed by atoms with Crippen LogP contribution in [0.3, 0.4) is 0 Å². The maximum absolute atomic E-state index is 2.63. The first-order valence-corrected chi connectivity index (χ1v) is 20.0. The van der Waals surface area contributed by atoms with E-state index in [0.717, 1.165) is 11.8 Å². The third-order valence-electron chi connectivity index (χ3n) is 14.3. The van der Waals surface area contributed by atoms with Crippen molar-refractivity contribution in [2.45, 2.75) is 64.2 Å². The normalized spacial score (nSPS) is 24.5. The van der Waals surface area contributed by atoms with Gasteiger partial charge in [-0.3, -0.25) is 0 Å². The Labute approximate surface area is 314 Å².